The third-order valence-corrected chi connectivity index (χ3v) is 5.51. The van der Waals surface area contributed by atoms with Crippen LogP contribution in [0.4, 0.5) is 21.9 Å². The summed E-state index contributed by atoms with van der Waals surface area (Å²) in [4.78, 5) is 29.8. The zero-order chi connectivity index (χ0) is 22.2. The molecule has 6 nitrogen and oxygen atoms in total. The first-order valence-corrected chi connectivity index (χ1v) is 11.4. The molecule has 2 aromatic carbocycles. The summed E-state index contributed by atoms with van der Waals surface area (Å²) in [5.74, 6) is 0.0626. The van der Waals surface area contributed by atoms with E-state index in [4.69, 9.17) is 0 Å². The lowest BCUT2D eigenvalue weighted by Crippen LogP contribution is -2.39. The summed E-state index contributed by atoms with van der Waals surface area (Å²) in [6.07, 6.45) is 3.76. The minimum Gasteiger partial charge on any atom is -0.338 e. The molecule has 6 heteroatoms. The lowest BCUT2D eigenvalue weighted by Gasteiger charge is -2.29. The number of amides is 3. The van der Waals surface area contributed by atoms with Crippen LogP contribution in [0, 0.1) is 0 Å². The number of carbonyl (C=O) groups is 2. The van der Waals surface area contributed by atoms with Crippen molar-refractivity contribution in [2.45, 2.75) is 46.5 Å². The van der Waals surface area contributed by atoms with Crippen molar-refractivity contribution in [3.8, 4) is 0 Å². The molecule has 0 spiro atoms. The molecular formula is C25H34N4O2. The number of para-hydroxylation sites is 1. The smallest absolute Gasteiger partial charge is 0.319 e. The first-order valence-electron chi connectivity index (χ1n) is 11.4. The summed E-state index contributed by atoms with van der Waals surface area (Å²) in [5.41, 5.74) is 4.76. The molecule has 0 saturated heterocycles. The SMILES string of the molecule is CCCN(CCC)CC(=O)N1c2ccccc2CCc2ccc(NC(=O)NCC)cc21. The Labute approximate surface area is 185 Å². The highest BCUT2D eigenvalue weighted by Gasteiger charge is 2.27. The monoisotopic (exact) mass is 422 g/mol. The van der Waals surface area contributed by atoms with E-state index in [0.717, 1.165) is 55.7 Å². The number of benzene rings is 2. The Bertz CT molecular complexity index is 906. The van der Waals surface area contributed by atoms with Gasteiger partial charge in [0.1, 0.15) is 0 Å². The van der Waals surface area contributed by atoms with E-state index in [2.05, 4.69) is 35.4 Å². The van der Waals surface area contributed by atoms with Gasteiger partial charge in [-0.05, 0) is 75.0 Å². The minimum atomic E-state index is -0.244. The predicted molar refractivity (Wildman–Crippen MR) is 127 cm³/mol. The number of anilines is 3. The molecular weight excluding hydrogens is 388 g/mol. The fourth-order valence-corrected chi connectivity index (χ4v) is 4.17. The Balaban J connectivity index is 1.99. The molecule has 1 heterocycles. The van der Waals surface area contributed by atoms with Crippen LogP contribution in [0.3, 0.4) is 0 Å². The van der Waals surface area contributed by atoms with E-state index >= 15 is 0 Å². The molecule has 0 atom stereocenters. The molecule has 1 aliphatic rings. The molecule has 2 N–H and O–H groups in total. The largest absolute Gasteiger partial charge is 0.338 e. The average Bonchev–Trinajstić information content (AvgIpc) is 2.91. The summed E-state index contributed by atoms with van der Waals surface area (Å²) in [6, 6.07) is 13.8. The topological polar surface area (TPSA) is 64.7 Å². The summed E-state index contributed by atoms with van der Waals surface area (Å²) in [5, 5.41) is 5.63. The Morgan fingerprint density at radius 3 is 2.29 bits per heavy atom. The molecule has 0 unspecified atom stereocenters. The van der Waals surface area contributed by atoms with Crippen LogP contribution in [0.1, 0.15) is 44.7 Å². The second kappa shape index (κ2) is 11.0. The number of hydrogen-bond donors (Lipinski definition) is 2. The number of aryl methyl sites for hydroxylation is 2. The molecule has 0 fully saturated rings. The van der Waals surface area contributed by atoms with Crippen LogP contribution in [0.2, 0.25) is 0 Å². The normalized spacial score (nSPS) is 12.7. The molecule has 1 aliphatic heterocycles. The number of nitrogens with zero attached hydrogens (tertiary/aromatic N) is 2. The molecule has 0 aromatic heterocycles. The fraction of sp³-hybridized carbons (Fsp3) is 0.440. The van der Waals surface area contributed by atoms with Crippen LogP contribution in [0.25, 0.3) is 0 Å². The van der Waals surface area contributed by atoms with Gasteiger partial charge < -0.3 is 10.6 Å². The van der Waals surface area contributed by atoms with E-state index in [0.29, 0.717) is 18.8 Å². The standard InChI is InChI=1S/C25H34N4O2/c1-4-15-28(16-5-2)18-24(30)29-22-10-8-7-9-19(22)11-12-20-13-14-21(17-23(20)29)27-25(31)26-6-3/h7-10,13-14,17H,4-6,11-12,15-16,18H2,1-3H3,(H2,26,27,31). The van der Waals surface area contributed by atoms with Crippen LogP contribution in [-0.4, -0.2) is 43.0 Å². The zero-order valence-electron chi connectivity index (χ0n) is 18.9. The number of rotatable bonds is 8. The van der Waals surface area contributed by atoms with Crippen molar-refractivity contribution < 1.29 is 9.59 Å². The van der Waals surface area contributed by atoms with Gasteiger partial charge >= 0.3 is 6.03 Å². The van der Waals surface area contributed by atoms with E-state index < -0.39 is 0 Å². The number of nitrogens with one attached hydrogen (secondary N) is 2. The van der Waals surface area contributed by atoms with Crippen molar-refractivity contribution in [1.82, 2.24) is 10.2 Å². The second-order valence-corrected chi connectivity index (χ2v) is 7.96. The molecule has 0 aliphatic carbocycles. The first kappa shape index (κ1) is 22.8. The Morgan fingerprint density at radius 2 is 1.61 bits per heavy atom. The van der Waals surface area contributed by atoms with Gasteiger partial charge in [-0.1, -0.05) is 38.1 Å². The lowest BCUT2D eigenvalue weighted by atomic mass is 10.0. The van der Waals surface area contributed by atoms with Crippen molar-refractivity contribution in [1.29, 1.82) is 0 Å². The first-order chi connectivity index (χ1) is 15.1. The zero-order valence-corrected chi connectivity index (χ0v) is 18.9. The highest BCUT2D eigenvalue weighted by atomic mass is 16.2. The van der Waals surface area contributed by atoms with E-state index in [-0.39, 0.29) is 11.9 Å². The summed E-state index contributed by atoms with van der Waals surface area (Å²) >= 11 is 0. The van der Waals surface area contributed by atoms with Gasteiger partial charge in [0.05, 0.1) is 17.9 Å². The Hall–Kier alpha value is -2.86. The van der Waals surface area contributed by atoms with Gasteiger partial charge in [0.25, 0.3) is 0 Å². The summed E-state index contributed by atoms with van der Waals surface area (Å²) in [6.45, 7) is 8.91. The van der Waals surface area contributed by atoms with Gasteiger partial charge in [-0.3, -0.25) is 14.6 Å². The van der Waals surface area contributed by atoms with Crippen molar-refractivity contribution in [2.75, 3.05) is 36.4 Å². The van der Waals surface area contributed by atoms with Crippen LogP contribution in [0.15, 0.2) is 42.5 Å². The van der Waals surface area contributed by atoms with Gasteiger partial charge in [-0.25, -0.2) is 4.79 Å². The second-order valence-electron chi connectivity index (χ2n) is 7.96. The quantitative estimate of drug-likeness (QED) is 0.647. The van der Waals surface area contributed by atoms with Crippen LogP contribution >= 0.6 is 0 Å². The van der Waals surface area contributed by atoms with Gasteiger partial charge in [0.2, 0.25) is 5.91 Å². The van der Waals surface area contributed by atoms with E-state index in [9.17, 15) is 9.59 Å². The van der Waals surface area contributed by atoms with Crippen molar-refractivity contribution in [3.05, 3.63) is 53.6 Å². The van der Waals surface area contributed by atoms with Gasteiger partial charge in [-0.15, -0.1) is 0 Å². The van der Waals surface area contributed by atoms with E-state index in [1.165, 1.54) is 5.56 Å². The number of urea groups is 1. The summed E-state index contributed by atoms with van der Waals surface area (Å²) < 4.78 is 0. The van der Waals surface area contributed by atoms with E-state index in [1.54, 1.807) is 0 Å². The van der Waals surface area contributed by atoms with Crippen LogP contribution in [0.5, 0.6) is 0 Å². The predicted octanol–water partition coefficient (Wildman–Crippen LogP) is 4.71. The molecule has 0 bridgehead atoms. The molecule has 3 amide bonds. The maximum absolute atomic E-state index is 13.7. The van der Waals surface area contributed by atoms with Crippen molar-refractivity contribution >= 4 is 29.0 Å². The molecule has 2 aromatic rings. The third-order valence-electron chi connectivity index (χ3n) is 5.51. The highest BCUT2D eigenvalue weighted by molar-refractivity contribution is 6.04. The van der Waals surface area contributed by atoms with Crippen molar-refractivity contribution in [2.24, 2.45) is 0 Å². The molecule has 3 rings (SSSR count). The fourth-order valence-electron chi connectivity index (χ4n) is 4.17. The van der Waals surface area contributed by atoms with Gasteiger partial charge in [-0.2, -0.15) is 0 Å². The minimum absolute atomic E-state index is 0.0626. The highest BCUT2D eigenvalue weighted by Crippen LogP contribution is 2.37. The molecule has 166 valence electrons. The third kappa shape index (κ3) is 5.64. The van der Waals surface area contributed by atoms with Crippen LogP contribution < -0.4 is 15.5 Å². The number of carbonyl (C=O) groups excluding carboxylic acids is 2. The maximum atomic E-state index is 13.7. The molecule has 0 radical (unpaired) electrons. The number of hydrogen-bond acceptors (Lipinski definition) is 3. The Kier molecular flexibility index (Phi) is 8.06. The Morgan fingerprint density at radius 1 is 0.935 bits per heavy atom. The molecule has 0 saturated carbocycles. The lowest BCUT2D eigenvalue weighted by molar-refractivity contribution is -0.119. The van der Waals surface area contributed by atoms with Crippen LogP contribution in [-0.2, 0) is 17.6 Å². The number of fused-ring (bicyclic) bond motifs is 2. The van der Waals surface area contributed by atoms with E-state index in [1.807, 2.05) is 48.2 Å². The maximum Gasteiger partial charge on any atom is 0.319 e. The molecule has 31 heavy (non-hydrogen) atoms. The van der Waals surface area contributed by atoms with Crippen molar-refractivity contribution in [3.63, 3.8) is 0 Å². The average molecular weight is 423 g/mol. The van der Waals surface area contributed by atoms with Gasteiger partial charge in [0.15, 0.2) is 0 Å². The summed E-state index contributed by atoms with van der Waals surface area (Å²) in [7, 11) is 0. The van der Waals surface area contributed by atoms with Gasteiger partial charge in [0, 0.05) is 12.2 Å².